The van der Waals surface area contributed by atoms with Gasteiger partial charge >= 0.3 is 0 Å². The molecule has 1 atom stereocenters. The lowest BCUT2D eigenvalue weighted by molar-refractivity contribution is -0.123. The van der Waals surface area contributed by atoms with Gasteiger partial charge in [0.1, 0.15) is 0 Å². The monoisotopic (exact) mass is 445 g/mol. The molecule has 0 heterocycles. The first kappa shape index (κ1) is 22.1. The summed E-state index contributed by atoms with van der Waals surface area (Å²) in [7, 11) is 0. The van der Waals surface area contributed by atoms with Crippen LogP contribution in [0.1, 0.15) is 31.4 Å². The summed E-state index contributed by atoms with van der Waals surface area (Å²) in [6.45, 7) is 8.63. The number of nitrogens with zero attached hydrogens (tertiary/aromatic N) is 1. The van der Waals surface area contributed by atoms with Crippen molar-refractivity contribution < 1.29 is 9.59 Å². The molecule has 0 radical (unpaired) electrons. The van der Waals surface area contributed by atoms with Gasteiger partial charge in [-0.15, -0.1) is 0 Å². The first-order chi connectivity index (χ1) is 13.3. The van der Waals surface area contributed by atoms with Crippen LogP contribution in [-0.2, 0) is 9.59 Å². The number of halogens is 1. The van der Waals surface area contributed by atoms with Crippen molar-refractivity contribution in [3.63, 3.8) is 0 Å². The highest BCUT2D eigenvalue weighted by atomic mass is 79.9. The summed E-state index contributed by atoms with van der Waals surface area (Å²) in [5.74, 6) is -0.263. The van der Waals surface area contributed by atoms with Gasteiger partial charge < -0.3 is 10.6 Å². The number of nitrogens with one attached hydrogen (secondary N) is 2. The van der Waals surface area contributed by atoms with Gasteiger partial charge in [0.25, 0.3) is 0 Å². The highest BCUT2D eigenvalue weighted by Crippen LogP contribution is 2.23. The van der Waals surface area contributed by atoms with E-state index in [1.54, 1.807) is 0 Å². The van der Waals surface area contributed by atoms with E-state index in [9.17, 15) is 9.59 Å². The Balaban J connectivity index is 2.03. The quantitative estimate of drug-likeness (QED) is 0.616. The molecule has 2 rings (SSSR count). The molecule has 1 unspecified atom stereocenters. The molecule has 0 fully saturated rings. The topological polar surface area (TPSA) is 61.4 Å². The number of anilines is 2. The fourth-order valence-corrected chi connectivity index (χ4v) is 3.50. The number of amides is 2. The summed E-state index contributed by atoms with van der Waals surface area (Å²) in [5, 5.41) is 5.89. The van der Waals surface area contributed by atoms with Crippen molar-refractivity contribution in [3.05, 3.63) is 58.1 Å². The van der Waals surface area contributed by atoms with Crippen LogP contribution in [-0.4, -0.2) is 35.8 Å². The van der Waals surface area contributed by atoms with E-state index in [0.29, 0.717) is 6.54 Å². The molecule has 2 N–H and O–H groups in total. The summed E-state index contributed by atoms with van der Waals surface area (Å²) in [6.07, 6.45) is 0.851. The van der Waals surface area contributed by atoms with Crippen LogP contribution in [0.25, 0.3) is 0 Å². The lowest BCUT2D eigenvalue weighted by atomic mass is 10.2. The second kappa shape index (κ2) is 10.4. The molecule has 28 heavy (non-hydrogen) atoms. The van der Waals surface area contributed by atoms with Crippen LogP contribution in [0.5, 0.6) is 0 Å². The van der Waals surface area contributed by atoms with Gasteiger partial charge in [-0.25, -0.2) is 0 Å². The van der Waals surface area contributed by atoms with Crippen molar-refractivity contribution in [3.8, 4) is 0 Å². The predicted octanol–water partition coefficient (Wildman–Crippen LogP) is 4.74. The Labute approximate surface area is 175 Å². The van der Waals surface area contributed by atoms with E-state index in [2.05, 4.69) is 26.6 Å². The highest BCUT2D eigenvalue weighted by molar-refractivity contribution is 9.10. The minimum absolute atomic E-state index is 0.126. The van der Waals surface area contributed by atoms with Gasteiger partial charge in [0.2, 0.25) is 11.8 Å². The number of hydrogen-bond donors (Lipinski definition) is 2. The van der Waals surface area contributed by atoms with E-state index in [-0.39, 0.29) is 18.4 Å². The summed E-state index contributed by atoms with van der Waals surface area (Å²) in [6, 6.07) is 13.0. The Morgan fingerprint density at radius 2 is 1.79 bits per heavy atom. The summed E-state index contributed by atoms with van der Waals surface area (Å²) < 4.78 is 0.840. The molecule has 0 aliphatic rings. The summed E-state index contributed by atoms with van der Waals surface area (Å²) >= 11 is 3.48. The molecule has 2 aromatic rings. The van der Waals surface area contributed by atoms with E-state index in [0.717, 1.165) is 33.4 Å². The van der Waals surface area contributed by atoms with Crippen molar-refractivity contribution in [1.82, 2.24) is 4.90 Å². The zero-order valence-electron chi connectivity index (χ0n) is 16.9. The number of benzene rings is 2. The Morgan fingerprint density at radius 1 is 1.07 bits per heavy atom. The Morgan fingerprint density at radius 3 is 2.43 bits per heavy atom. The van der Waals surface area contributed by atoms with E-state index >= 15 is 0 Å². The highest BCUT2D eigenvalue weighted by Gasteiger charge is 2.23. The Kier molecular flexibility index (Phi) is 8.20. The maximum atomic E-state index is 12.8. The third-order valence-corrected chi connectivity index (χ3v) is 5.24. The maximum absolute atomic E-state index is 12.8. The molecule has 0 saturated carbocycles. The Bertz CT molecular complexity index is 838. The molecular formula is C22H28BrN3O2. The van der Waals surface area contributed by atoms with E-state index in [1.165, 1.54) is 0 Å². The lowest BCUT2D eigenvalue weighted by Crippen LogP contribution is -2.46. The smallest absolute Gasteiger partial charge is 0.241 e. The molecule has 5 nitrogen and oxygen atoms in total. The maximum Gasteiger partial charge on any atom is 0.241 e. The fraction of sp³-hybridized carbons (Fsp3) is 0.364. The van der Waals surface area contributed by atoms with Crippen LogP contribution in [0, 0.1) is 13.8 Å². The van der Waals surface area contributed by atoms with Gasteiger partial charge in [0.05, 0.1) is 18.3 Å². The molecule has 0 bridgehead atoms. The fourth-order valence-electron chi connectivity index (χ4n) is 2.91. The third kappa shape index (κ3) is 6.17. The van der Waals surface area contributed by atoms with Gasteiger partial charge in [0.15, 0.2) is 0 Å². The van der Waals surface area contributed by atoms with Crippen molar-refractivity contribution in [2.45, 2.75) is 40.2 Å². The zero-order valence-corrected chi connectivity index (χ0v) is 18.5. The second-order valence-electron chi connectivity index (χ2n) is 6.98. The molecule has 0 aromatic heterocycles. The number of aryl methyl sites for hydroxylation is 2. The molecular weight excluding hydrogens is 418 g/mol. The number of para-hydroxylation sites is 1. The largest absolute Gasteiger partial charge is 0.325 e. The van der Waals surface area contributed by atoms with Crippen LogP contribution >= 0.6 is 15.9 Å². The van der Waals surface area contributed by atoms with Gasteiger partial charge in [-0.05, 0) is 79.0 Å². The number of rotatable bonds is 8. The molecule has 0 aliphatic heterocycles. The van der Waals surface area contributed by atoms with Crippen molar-refractivity contribution >= 4 is 39.1 Å². The predicted molar refractivity (Wildman–Crippen MR) is 119 cm³/mol. The number of carbonyl (C=O) groups excluding carboxylic acids is 2. The van der Waals surface area contributed by atoms with Crippen LogP contribution in [0.4, 0.5) is 11.4 Å². The minimum Gasteiger partial charge on any atom is -0.325 e. The molecule has 0 spiro atoms. The van der Waals surface area contributed by atoms with Crippen LogP contribution in [0.3, 0.4) is 0 Å². The first-order valence-electron chi connectivity index (χ1n) is 9.48. The van der Waals surface area contributed by atoms with E-state index < -0.39 is 6.04 Å². The van der Waals surface area contributed by atoms with Crippen molar-refractivity contribution in [2.24, 2.45) is 0 Å². The standard InChI is InChI=1S/C22H28BrN3O2/c1-5-12-26(14-21(27)24-19-9-7-6-8-16(19)3)17(4)22(28)25-20-11-10-15(2)13-18(20)23/h6-11,13,17H,5,12,14H2,1-4H3,(H,24,27)(H,25,28). The van der Waals surface area contributed by atoms with Crippen LogP contribution in [0.2, 0.25) is 0 Å². The normalized spacial score (nSPS) is 11.9. The lowest BCUT2D eigenvalue weighted by Gasteiger charge is -2.27. The Hall–Kier alpha value is -2.18. The van der Waals surface area contributed by atoms with Gasteiger partial charge in [-0.1, -0.05) is 31.2 Å². The molecule has 2 amide bonds. The van der Waals surface area contributed by atoms with Gasteiger partial charge in [-0.2, -0.15) is 0 Å². The first-order valence-corrected chi connectivity index (χ1v) is 10.3. The number of hydrogen-bond acceptors (Lipinski definition) is 3. The van der Waals surface area contributed by atoms with Gasteiger partial charge in [0, 0.05) is 10.2 Å². The third-order valence-electron chi connectivity index (χ3n) is 4.59. The average molecular weight is 446 g/mol. The van der Waals surface area contributed by atoms with E-state index in [4.69, 9.17) is 0 Å². The number of carbonyl (C=O) groups is 2. The van der Waals surface area contributed by atoms with E-state index in [1.807, 2.05) is 75.1 Å². The molecule has 150 valence electrons. The zero-order chi connectivity index (χ0) is 20.7. The average Bonchev–Trinajstić information content (AvgIpc) is 2.65. The van der Waals surface area contributed by atoms with Crippen LogP contribution in [0.15, 0.2) is 46.9 Å². The molecule has 6 heteroatoms. The second-order valence-corrected chi connectivity index (χ2v) is 7.84. The summed E-state index contributed by atoms with van der Waals surface area (Å²) in [5.41, 5.74) is 3.64. The SMILES string of the molecule is CCCN(CC(=O)Nc1ccccc1C)C(C)C(=O)Nc1ccc(C)cc1Br. The van der Waals surface area contributed by atoms with Crippen LogP contribution < -0.4 is 10.6 Å². The molecule has 0 saturated heterocycles. The summed E-state index contributed by atoms with van der Waals surface area (Å²) in [4.78, 5) is 27.2. The molecule has 0 aliphatic carbocycles. The molecule has 2 aromatic carbocycles. The minimum atomic E-state index is -0.434. The van der Waals surface area contributed by atoms with Crippen molar-refractivity contribution in [2.75, 3.05) is 23.7 Å². The van der Waals surface area contributed by atoms with Gasteiger partial charge in [-0.3, -0.25) is 14.5 Å². The van der Waals surface area contributed by atoms with Crippen molar-refractivity contribution in [1.29, 1.82) is 0 Å².